The van der Waals surface area contributed by atoms with Gasteiger partial charge >= 0.3 is 0 Å². The van der Waals surface area contributed by atoms with E-state index >= 15 is 0 Å². The van der Waals surface area contributed by atoms with Gasteiger partial charge in [0.1, 0.15) is 0 Å². The normalized spacial score (nSPS) is 18.3. The highest BCUT2D eigenvalue weighted by atomic mass is 16.2. The first-order chi connectivity index (χ1) is 9.84. The summed E-state index contributed by atoms with van der Waals surface area (Å²) in [4.78, 5) is 14.4. The van der Waals surface area contributed by atoms with Gasteiger partial charge in [-0.2, -0.15) is 0 Å². The minimum Gasteiger partial charge on any atom is -0.384 e. The summed E-state index contributed by atoms with van der Waals surface area (Å²) in [6.45, 7) is 2.97. The highest BCUT2D eigenvalue weighted by Gasteiger charge is 2.17. The van der Waals surface area contributed by atoms with Crippen LogP contribution in [0.25, 0.3) is 0 Å². The third-order valence-electron chi connectivity index (χ3n) is 4.53. The number of hydrogen-bond acceptors (Lipinski definition) is 2. The predicted octanol–water partition coefficient (Wildman–Crippen LogP) is 2.99. The Kier molecular flexibility index (Phi) is 4.24. The van der Waals surface area contributed by atoms with E-state index in [-0.39, 0.29) is 0 Å². The first-order valence-corrected chi connectivity index (χ1v) is 7.97. The predicted molar refractivity (Wildman–Crippen MR) is 82.0 cm³/mol. The second-order valence-electron chi connectivity index (χ2n) is 5.92. The standard InChI is InChI=1S/C17H24N2O/c20-17(19-12-3-1-2-4-13-19)9-8-14-6-5-7-16-15(14)10-11-18-16/h5-7,18H,1-4,8-13H2. The molecule has 0 radical (unpaired) electrons. The van der Waals surface area contributed by atoms with Crippen LogP contribution in [0.1, 0.15) is 43.2 Å². The van der Waals surface area contributed by atoms with Crippen LogP contribution < -0.4 is 5.32 Å². The molecule has 0 aliphatic carbocycles. The van der Waals surface area contributed by atoms with Gasteiger partial charge < -0.3 is 10.2 Å². The summed E-state index contributed by atoms with van der Waals surface area (Å²) in [5.41, 5.74) is 4.05. The van der Waals surface area contributed by atoms with Gasteiger partial charge in [-0.3, -0.25) is 4.79 Å². The Morgan fingerprint density at radius 2 is 1.95 bits per heavy atom. The van der Waals surface area contributed by atoms with Crippen LogP contribution in [0, 0.1) is 0 Å². The summed E-state index contributed by atoms with van der Waals surface area (Å²) < 4.78 is 0. The SMILES string of the molecule is O=C(CCc1cccc2c1CCN2)N1CCCCCC1. The molecule has 0 aromatic heterocycles. The van der Waals surface area contributed by atoms with E-state index in [0.29, 0.717) is 12.3 Å². The lowest BCUT2D eigenvalue weighted by atomic mass is 10.0. The van der Waals surface area contributed by atoms with Crippen molar-refractivity contribution in [3.63, 3.8) is 0 Å². The Hall–Kier alpha value is -1.51. The number of carbonyl (C=O) groups excluding carboxylic acids is 1. The lowest BCUT2D eigenvalue weighted by molar-refractivity contribution is -0.131. The smallest absolute Gasteiger partial charge is 0.222 e. The van der Waals surface area contributed by atoms with Crippen molar-refractivity contribution in [3.05, 3.63) is 29.3 Å². The number of hydrogen-bond donors (Lipinski definition) is 1. The van der Waals surface area contributed by atoms with Crippen molar-refractivity contribution in [1.29, 1.82) is 0 Å². The number of anilines is 1. The van der Waals surface area contributed by atoms with E-state index in [2.05, 4.69) is 28.4 Å². The Labute approximate surface area is 121 Å². The van der Waals surface area contributed by atoms with Crippen LogP contribution in [-0.2, 0) is 17.6 Å². The zero-order valence-electron chi connectivity index (χ0n) is 12.2. The summed E-state index contributed by atoms with van der Waals surface area (Å²) in [5, 5.41) is 3.40. The lowest BCUT2D eigenvalue weighted by Gasteiger charge is -2.20. The van der Waals surface area contributed by atoms with Gasteiger partial charge in [-0.05, 0) is 42.9 Å². The molecule has 1 saturated heterocycles. The molecule has 1 N–H and O–H groups in total. The molecule has 108 valence electrons. The van der Waals surface area contributed by atoms with Gasteiger partial charge in [0.15, 0.2) is 0 Å². The molecular formula is C17H24N2O. The van der Waals surface area contributed by atoms with Gasteiger partial charge in [0.05, 0.1) is 0 Å². The summed E-state index contributed by atoms with van der Waals surface area (Å²) in [6, 6.07) is 6.42. The number of nitrogens with one attached hydrogen (secondary N) is 1. The van der Waals surface area contributed by atoms with Crippen molar-refractivity contribution < 1.29 is 4.79 Å². The maximum atomic E-state index is 12.3. The molecule has 2 aliphatic heterocycles. The topological polar surface area (TPSA) is 32.3 Å². The third-order valence-corrected chi connectivity index (χ3v) is 4.53. The van der Waals surface area contributed by atoms with Crippen LogP contribution in [0.15, 0.2) is 18.2 Å². The van der Waals surface area contributed by atoms with Crippen molar-refractivity contribution in [2.75, 3.05) is 25.0 Å². The van der Waals surface area contributed by atoms with E-state index in [1.165, 1.54) is 42.5 Å². The van der Waals surface area contributed by atoms with Crippen molar-refractivity contribution in [2.45, 2.75) is 44.9 Å². The van der Waals surface area contributed by atoms with E-state index < -0.39 is 0 Å². The first-order valence-electron chi connectivity index (χ1n) is 7.97. The number of likely N-dealkylation sites (tertiary alicyclic amines) is 1. The van der Waals surface area contributed by atoms with E-state index in [1.807, 2.05) is 0 Å². The maximum Gasteiger partial charge on any atom is 0.222 e. The number of carbonyl (C=O) groups is 1. The van der Waals surface area contributed by atoms with Gasteiger partial charge in [0.2, 0.25) is 5.91 Å². The van der Waals surface area contributed by atoms with Crippen molar-refractivity contribution in [3.8, 4) is 0 Å². The van der Waals surface area contributed by atoms with Crippen molar-refractivity contribution in [2.24, 2.45) is 0 Å². The van der Waals surface area contributed by atoms with E-state index in [0.717, 1.165) is 32.5 Å². The average molecular weight is 272 g/mol. The molecule has 0 unspecified atom stereocenters. The van der Waals surface area contributed by atoms with Crippen molar-refractivity contribution in [1.82, 2.24) is 4.90 Å². The highest BCUT2D eigenvalue weighted by molar-refractivity contribution is 5.76. The number of fused-ring (bicyclic) bond motifs is 1. The molecule has 0 atom stereocenters. The Balaban J connectivity index is 1.59. The third kappa shape index (κ3) is 2.97. The molecule has 1 aromatic rings. The summed E-state index contributed by atoms with van der Waals surface area (Å²) >= 11 is 0. The van der Waals surface area contributed by atoms with Gasteiger partial charge in [0, 0.05) is 31.7 Å². The second kappa shape index (κ2) is 6.29. The molecular weight excluding hydrogens is 248 g/mol. The molecule has 20 heavy (non-hydrogen) atoms. The highest BCUT2D eigenvalue weighted by Crippen LogP contribution is 2.26. The Morgan fingerprint density at radius 3 is 2.75 bits per heavy atom. The van der Waals surface area contributed by atoms with Crippen LogP contribution in [0.2, 0.25) is 0 Å². The average Bonchev–Trinajstić information content (AvgIpc) is 2.79. The van der Waals surface area contributed by atoms with Crippen LogP contribution >= 0.6 is 0 Å². The maximum absolute atomic E-state index is 12.3. The minimum absolute atomic E-state index is 0.343. The number of benzene rings is 1. The quantitative estimate of drug-likeness (QED) is 0.917. The summed E-state index contributed by atoms with van der Waals surface area (Å²) in [7, 11) is 0. The number of amides is 1. The van der Waals surface area contributed by atoms with E-state index in [1.54, 1.807) is 0 Å². The number of nitrogens with zero attached hydrogens (tertiary/aromatic N) is 1. The largest absolute Gasteiger partial charge is 0.384 e. The zero-order valence-corrected chi connectivity index (χ0v) is 12.2. The molecule has 1 amide bonds. The Bertz CT molecular complexity index is 476. The van der Waals surface area contributed by atoms with Crippen LogP contribution in [0.4, 0.5) is 5.69 Å². The molecule has 3 heteroatoms. The first kappa shape index (κ1) is 13.5. The monoisotopic (exact) mass is 272 g/mol. The summed E-state index contributed by atoms with van der Waals surface area (Å²) in [5.74, 6) is 0.343. The zero-order chi connectivity index (χ0) is 13.8. The molecule has 3 rings (SSSR count). The molecule has 0 spiro atoms. The summed E-state index contributed by atoms with van der Waals surface area (Å²) in [6.07, 6.45) is 7.57. The second-order valence-corrected chi connectivity index (χ2v) is 5.92. The fourth-order valence-corrected chi connectivity index (χ4v) is 3.37. The van der Waals surface area contributed by atoms with E-state index in [9.17, 15) is 4.79 Å². The van der Waals surface area contributed by atoms with Gasteiger partial charge in [-0.15, -0.1) is 0 Å². The van der Waals surface area contributed by atoms with E-state index in [4.69, 9.17) is 0 Å². The molecule has 1 fully saturated rings. The fraction of sp³-hybridized carbons (Fsp3) is 0.588. The molecule has 0 bridgehead atoms. The van der Waals surface area contributed by atoms with Crippen molar-refractivity contribution >= 4 is 11.6 Å². The van der Waals surface area contributed by atoms with Gasteiger partial charge in [-0.1, -0.05) is 25.0 Å². The van der Waals surface area contributed by atoms with Gasteiger partial charge in [0.25, 0.3) is 0 Å². The minimum atomic E-state index is 0.343. The Morgan fingerprint density at radius 1 is 1.15 bits per heavy atom. The molecule has 2 heterocycles. The fourth-order valence-electron chi connectivity index (χ4n) is 3.37. The van der Waals surface area contributed by atoms with Crippen LogP contribution in [-0.4, -0.2) is 30.4 Å². The molecule has 3 nitrogen and oxygen atoms in total. The lowest BCUT2D eigenvalue weighted by Crippen LogP contribution is -2.32. The number of aryl methyl sites for hydroxylation is 1. The van der Waals surface area contributed by atoms with Crippen LogP contribution in [0.3, 0.4) is 0 Å². The molecule has 1 aromatic carbocycles. The van der Waals surface area contributed by atoms with Crippen LogP contribution in [0.5, 0.6) is 0 Å². The molecule has 0 saturated carbocycles. The van der Waals surface area contributed by atoms with Gasteiger partial charge in [-0.25, -0.2) is 0 Å². The number of rotatable bonds is 3. The molecule has 2 aliphatic rings.